The molecule has 0 aromatic carbocycles. The first-order chi connectivity index (χ1) is 9.31. The van der Waals surface area contributed by atoms with Crippen molar-refractivity contribution in [2.75, 3.05) is 19.3 Å². The first-order valence-corrected chi connectivity index (χ1v) is 10.5. The lowest BCUT2D eigenvalue weighted by molar-refractivity contribution is 0.253. The summed E-state index contributed by atoms with van der Waals surface area (Å²) in [5.41, 5.74) is 0. The highest BCUT2D eigenvalue weighted by atomic mass is 32.2. The van der Waals surface area contributed by atoms with E-state index in [-0.39, 0.29) is 12.6 Å². The molecule has 0 amide bonds. The summed E-state index contributed by atoms with van der Waals surface area (Å²) in [6, 6.07) is 2.96. The Morgan fingerprint density at radius 3 is 2.70 bits per heavy atom. The molecule has 20 heavy (non-hydrogen) atoms. The molecule has 0 bridgehead atoms. The minimum absolute atomic E-state index is 0.128. The van der Waals surface area contributed by atoms with Crippen LogP contribution in [0.5, 0.6) is 0 Å². The fraction of sp³-hybridized carbons (Fsp3) is 0.636. The van der Waals surface area contributed by atoms with Gasteiger partial charge in [0.25, 0.3) is 10.0 Å². The predicted octanol–water partition coefficient (Wildman–Crippen LogP) is 0.840. The summed E-state index contributed by atoms with van der Waals surface area (Å²) in [4.78, 5) is 0. The number of nitrogens with one attached hydrogen (secondary N) is 1. The first-order valence-electron chi connectivity index (χ1n) is 6.31. The van der Waals surface area contributed by atoms with Crippen LogP contribution in [0.3, 0.4) is 0 Å². The molecular weight excluding hydrogens is 320 g/mol. The van der Waals surface area contributed by atoms with Gasteiger partial charge in [0.1, 0.15) is 4.21 Å². The molecule has 0 spiro atoms. The summed E-state index contributed by atoms with van der Waals surface area (Å²) >= 11 is 1.18. The van der Waals surface area contributed by atoms with Gasteiger partial charge in [-0.2, -0.15) is 4.31 Å². The minimum Gasteiger partial charge on any atom is -0.214 e. The highest BCUT2D eigenvalue weighted by Crippen LogP contribution is 2.27. The molecule has 2 rings (SSSR count). The van der Waals surface area contributed by atoms with Crippen molar-refractivity contribution in [1.29, 1.82) is 0 Å². The lowest BCUT2D eigenvalue weighted by Crippen LogP contribution is -2.48. The van der Waals surface area contributed by atoms with Gasteiger partial charge >= 0.3 is 0 Å². The molecule has 1 aliphatic rings. The van der Waals surface area contributed by atoms with Gasteiger partial charge in [-0.3, -0.25) is 0 Å². The largest absolute Gasteiger partial charge is 0.252 e. The van der Waals surface area contributed by atoms with E-state index in [1.807, 2.05) is 0 Å². The molecule has 0 radical (unpaired) electrons. The topological polar surface area (TPSA) is 83.6 Å². The molecule has 1 saturated heterocycles. The van der Waals surface area contributed by atoms with E-state index in [4.69, 9.17) is 0 Å². The van der Waals surface area contributed by atoms with Gasteiger partial charge in [0, 0.05) is 19.1 Å². The van der Waals surface area contributed by atoms with Crippen molar-refractivity contribution >= 4 is 31.4 Å². The highest BCUT2D eigenvalue weighted by Gasteiger charge is 2.34. The first kappa shape index (κ1) is 15.9. The van der Waals surface area contributed by atoms with Crippen LogP contribution in [0.15, 0.2) is 21.7 Å². The quantitative estimate of drug-likeness (QED) is 0.862. The molecule has 1 unspecified atom stereocenters. The van der Waals surface area contributed by atoms with E-state index in [0.29, 0.717) is 17.2 Å². The van der Waals surface area contributed by atoms with Crippen LogP contribution in [0.1, 0.15) is 19.3 Å². The zero-order chi connectivity index (χ0) is 14.8. The molecule has 114 valence electrons. The maximum atomic E-state index is 12.5. The third-order valence-electron chi connectivity index (χ3n) is 3.21. The Bertz CT molecular complexity index is 637. The zero-order valence-corrected chi connectivity index (χ0v) is 13.6. The average Bonchev–Trinajstić information content (AvgIpc) is 2.90. The summed E-state index contributed by atoms with van der Waals surface area (Å²) in [6.07, 6.45) is 3.47. The number of hydrogen-bond donors (Lipinski definition) is 1. The van der Waals surface area contributed by atoms with Crippen LogP contribution in [0.25, 0.3) is 0 Å². The maximum absolute atomic E-state index is 12.5. The Morgan fingerprint density at radius 2 is 2.10 bits per heavy atom. The number of sulfonamides is 2. The number of thiophene rings is 1. The standard InChI is InChI=1S/C11H18N2O4S3/c1-19(14,15)12-9-10-5-2-3-7-13(10)20(16,17)11-6-4-8-18-11/h4,6,8,10,12H,2-3,5,7,9H2,1H3. The van der Waals surface area contributed by atoms with E-state index in [1.54, 1.807) is 17.5 Å². The highest BCUT2D eigenvalue weighted by molar-refractivity contribution is 7.91. The summed E-state index contributed by atoms with van der Waals surface area (Å²) < 4.78 is 51.6. The van der Waals surface area contributed by atoms with Crippen molar-refractivity contribution in [1.82, 2.24) is 9.03 Å². The summed E-state index contributed by atoms with van der Waals surface area (Å²) in [6.45, 7) is 0.569. The Morgan fingerprint density at radius 1 is 1.35 bits per heavy atom. The van der Waals surface area contributed by atoms with Crippen LogP contribution in [0.4, 0.5) is 0 Å². The van der Waals surface area contributed by atoms with Gasteiger partial charge in [0.2, 0.25) is 10.0 Å². The third kappa shape index (κ3) is 3.79. The second kappa shape index (κ2) is 6.10. The summed E-state index contributed by atoms with van der Waals surface area (Å²) in [5, 5.41) is 1.72. The van der Waals surface area contributed by atoms with Crippen molar-refractivity contribution in [3.05, 3.63) is 17.5 Å². The molecule has 1 atom stereocenters. The molecule has 2 heterocycles. The van der Waals surface area contributed by atoms with E-state index >= 15 is 0 Å². The monoisotopic (exact) mass is 338 g/mol. The van der Waals surface area contributed by atoms with E-state index in [0.717, 1.165) is 19.1 Å². The van der Waals surface area contributed by atoms with Crippen molar-refractivity contribution in [3.8, 4) is 0 Å². The Labute approximate surface area is 123 Å². The Hall–Kier alpha value is -0.480. The van der Waals surface area contributed by atoms with Gasteiger partial charge in [0.15, 0.2) is 0 Å². The zero-order valence-electron chi connectivity index (χ0n) is 11.1. The van der Waals surface area contributed by atoms with Gasteiger partial charge in [-0.05, 0) is 24.3 Å². The van der Waals surface area contributed by atoms with E-state index in [1.165, 1.54) is 15.6 Å². The minimum atomic E-state index is -3.52. The Kier molecular flexibility index (Phi) is 4.85. The lowest BCUT2D eigenvalue weighted by Gasteiger charge is -2.34. The number of nitrogens with zero attached hydrogens (tertiary/aromatic N) is 1. The molecule has 0 aliphatic carbocycles. The fourth-order valence-electron chi connectivity index (χ4n) is 2.27. The average molecular weight is 338 g/mol. The number of rotatable bonds is 5. The molecular formula is C11H18N2O4S3. The number of hydrogen-bond acceptors (Lipinski definition) is 5. The Balaban J connectivity index is 2.19. The van der Waals surface area contributed by atoms with E-state index in [9.17, 15) is 16.8 Å². The second-order valence-corrected chi connectivity index (χ2v) is 9.72. The molecule has 1 fully saturated rings. The molecule has 1 aromatic rings. The van der Waals surface area contributed by atoms with E-state index in [2.05, 4.69) is 4.72 Å². The summed E-state index contributed by atoms with van der Waals surface area (Å²) in [5.74, 6) is 0. The van der Waals surface area contributed by atoms with Gasteiger partial charge in [-0.15, -0.1) is 11.3 Å². The van der Waals surface area contributed by atoms with Gasteiger partial charge in [-0.1, -0.05) is 12.5 Å². The predicted molar refractivity (Wildman–Crippen MR) is 78.7 cm³/mol. The van der Waals surface area contributed by atoms with Crippen LogP contribution < -0.4 is 4.72 Å². The van der Waals surface area contributed by atoms with Crippen LogP contribution in [-0.4, -0.2) is 46.5 Å². The fourth-order valence-corrected chi connectivity index (χ4v) is 5.58. The van der Waals surface area contributed by atoms with Gasteiger partial charge in [0.05, 0.1) is 6.26 Å². The summed E-state index contributed by atoms with van der Waals surface area (Å²) in [7, 11) is -6.83. The molecule has 0 saturated carbocycles. The smallest absolute Gasteiger partial charge is 0.214 e. The number of piperidine rings is 1. The van der Waals surface area contributed by atoms with Gasteiger partial charge in [-0.25, -0.2) is 21.6 Å². The van der Waals surface area contributed by atoms with Crippen LogP contribution >= 0.6 is 11.3 Å². The van der Waals surface area contributed by atoms with Crippen molar-refractivity contribution in [3.63, 3.8) is 0 Å². The van der Waals surface area contributed by atoms with Crippen molar-refractivity contribution in [2.45, 2.75) is 29.5 Å². The van der Waals surface area contributed by atoms with Crippen LogP contribution in [-0.2, 0) is 20.0 Å². The van der Waals surface area contributed by atoms with Crippen LogP contribution in [0, 0.1) is 0 Å². The lowest BCUT2D eigenvalue weighted by atomic mass is 10.1. The second-order valence-electron chi connectivity index (χ2n) is 4.82. The van der Waals surface area contributed by atoms with Gasteiger partial charge < -0.3 is 0 Å². The van der Waals surface area contributed by atoms with Crippen molar-refractivity contribution < 1.29 is 16.8 Å². The van der Waals surface area contributed by atoms with E-state index < -0.39 is 20.0 Å². The molecule has 1 aliphatic heterocycles. The third-order valence-corrected chi connectivity index (χ3v) is 7.23. The van der Waals surface area contributed by atoms with Crippen LogP contribution in [0.2, 0.25) is 0 Å². The normalized spacial score (nSPS) is 21.9. The maximum Gasteiger partial charge on any atom is 0.252 e. The SMILES string of the molecule is CS(=O)(=O)NCC1CCCCN1S(=O)(=O)c1cccs1. The molecule has 1 aromatic heterocycles. The molecule has 9 heteroatoms. The molecule has 1 N–H and O–H groups in total. The van der Waals surface area contributed by atoms with Crippen molar-refractivity contribution in [2.24, 2.45) is 0 Å². The molecule has 6 nitrogen and oxygen atoms in total.